The molecule has 188 valence electrons. The first-order valence-corrected chi connectivity index (χ1v) is 14.5. The van der Waals surface area contributed by atoms with E-state index in [0.717, 1.165) is 27.8 Å². The van der Waals surface area contributed by atoms with E-state index in [9.17, 15) is 8.42 Å². The van der Waals surface area contributed by atoms with E-state index in [1.807, 2.05) is 78.2 Å². The average molecular weight is 529 g/mol. The van der Waals surface area contributed by atoms with Crippen LogP contribution in [-0.2, 0) is 15.8 Å². The third-order valence-electron chi connectivity index (χ3n) is 6.32. The number of nitrogens with one attached hydrogen (secondary N) is 1. The van der Waals surface area contributed by atoms with Crippen molar-refractivity contribution < 1.29 is 8.42 Å². The van der Waals surface area contributed by atoms with E-state index in [1.54, 1.807) is 30.8 Å². The predicted octanol–water partition coefficient (Wildman–Crippen LogP) is 6.37. The fourth-order valence-corrected chi connectivity index (χ4v) is 6.47. The van der Waals surface area contributed by atoms with Crippen LogP contribution in [0.1, 0.15) is 35.5 Å². The van der Waals surface area contributed by atoms with Gasteiger partial charge in [0, 0.05) is 11.4 Å². The van der Waals surface area contributed by atoms with Crippen LogP contribution in [0.2, 0.25) is 0 Å². The lowest BCUT2D eigenvalue weighted by Crippen LogP contribution is -2.28. The molecule has 1 aromatic heterocycles. The van der Waals surface area contributed by atoms with E-state index >= 15 is 0 Å². The highest BCUT2D eigenvalue weighted by Gasteiger charge is 2.25. The number of aryl methyl sites for hydroxylation is 2. The number of thioether (sulfide) groups is 1. The minimum Gasteiger partial charge on any atom is -0.273 e. The van der Waals surface area contributed by atoms with E-state index in [0.29, 0.717) is 11.0 Å². The molecule has 0 spiro atoms. The van der Waals surface area contributed by atoms with Crippen LogP contribution < -0.4 is 4.72 Å². The van der Waals surface area contributed by atoms with Crippen molar-refractivity contribution >= 4 is 32.6 Å². The van der Waals surface area contributed by atoms with Crippen LogP contribution in [0.5, 0.6) is 0 Å². The van der Waals surface area contributed by atoms with Gasteiger partial charge in [-0.1, -0.05) is 84.1 Å². The number of fused-ring (bicyclic) bond motifs is 1. The number of nitrogens with zero attached hydrogens (tertiary/aromatic N) is 3. The van der Waals surface area contributed by atoms with Crippen molar-refractivity contribution in [2.75, 3.05) is 0 Å². The third kappa shape index (κ3) is 5.46. The molecule has 0 radical (unpaired) electrons. The monoisotopic (exact) mass is 528 g/mol. The highest BCUT2D eigenvalue weighted by Crippen LogP contribution is 2.29. The highest BCUT2D eigenvalue weighted by molar-refractivity contribution is 7.98. The number of aromatic nitrogens is 3. The van der Waals surface area contributed by atoms with Crippen molar-refractivity contribution in [3.8, 4) is 5.69 Å². The Morgan fingerprint density at radius 1 is 0.865 bits per heavy atom. The first-order chi connectivity index (χ1) is 17.8. The lowest BCUT2D eigenvalue weighted by molar-refractivity contribution is 0.556. The van der Waals surface area contributed by atoms with Gasteiger partial charge in [-0.2, -0.15) is 0 Å². The molecule has 1 heterocycles. The largest absolute Gasteiger partial charge is 0.273 e. The Kier molecular flexibility index (Phi) is 7.15. The van der Waals surface area contributed by atoms with Crippen molar-refractivity contribution in [3.05, 3.63) is 114 Å². The smallest absolute Gasteiger partial charge is 0.241 e. The van der Waals surface area contributed by atoms with Crippen molar-refractivity contribution in [1.29, 1.82) is 0 Å². The maximum atomic E-state index is 13.3. The molecular weight excluding hydrogens is 500 g/mol. The molecule has 6 nitrogen and oxygen atoms in total. The summed E-state index contributed by atoms with van der Waals surface area (Å²) in [6, 6.07) is 28.6. The molecule has 0 aliphatic rings. The molecule has 5 rings (SSSR count). The van der Waals surface area contributed by atoms with Gasteiger partial charge in [0.15, 0.2) is 11.0 Å². The lowest BCUT2D eigenvalue weighted by Gasteiger charge is -2.17. The predicted molar refractivity (Wildman–Crippen MR) is 150 cm³/mol. The number of hydrogen-bond donors (Lipinski definition) is 1. The zero-order valence-corrected chi connectivity index (χ0v) is 22.6. The number of benzene rings is 4. The van der Waals surface area contributed by atoms with E-state index in [4.69, 9.17) is 0 Å². The third-order valence-corrected chi connectivity index (χ3v) is 8.84. The summed E-state index contributed by atoms with van der Waals surface area (Å²) in [7, 11) is -3.79. The van der Waals surface area contributed by atoms with E-state index in [2.05, 4.69) is 34.0 Å². The zero-order chi connectivity index (χ0) is 26.0. The second kappa shape index (κ2) is 10.5. The van der Waals surface area contributed by atoms with Gasteiger partial charge in [0.25, 0.3) is 0 Å². The standard InChI is InChI=1S/C29H28N4O2S2/c1-20-12-15-26(16-13-20)33-28(30-31-29(33)36-19-25-11-5-4-8-21(25)2)22(3)32-37(34,35)27-17-14-23-9-6-7-10-24(23)18-27/h4-18,22,32H,19H2,1-3H3. The average Bonchev–Trinajstić information content (AvgIpc) is 3.32. The fourth-order valence-electron chi connectivity index (χ4n) is 4.19. The Morgan fingerprint density at radius 3 is 2.32 bits per heavy atom. The van der Waals surface area contributed by atoms with Crippen LogP contribution in [0.25, 0.3) is 16.5 Å². The Hall–Kier alpha value is -3.46. The van der Waals surface area contributed by atoms with Crippen LogP contribution in [0.4, 0.5) is 0 Å². The Morgan fingerprint density at radius 2 is 1.57 bits per heavy atom. The Balaban J connectivity index is 1.47. The van der Waals surface area contributed by atoms with Gasteiger partial charge < -0.3 is 0 Å². The van der Waals surface area contributed by atoms with Crippen LogP contribution in [0.15, 0.2) is 101 Å². The van der Waals surface area contributed by atoms with Crippen molar-refractivity contribution in [1.82, 2.24) is 19.5 Å². The molecular formula is C29H28N4O2S2. The summed E-state index contributed by atoms with van der Waals surface area (Å²) in [6.07, 6.45) is 0. The summed E-state index contributed by atoms with van der Waals surface area (Å²) in [4.78, 5) is 0.216. The summed E-state index contributed by atoms with van der Waals surface area (Å²) < 4.78 is 31.4. The van der Waals surface area contributed by atoms with Crippen LogP contribution in [-0.4, -0.2) is 23.2 Å². The first kappa shape index (κ1) is 25.2. The van der Waals surface area contributed by atoms with E-state index < -0.39 is 16.1 Å². The van der Waals surface area contributed by atoms with Gasteiger partial charge in [-0.3, -0.25) is 4.57 Å². The van der Waals surface area contributed by atoms with Gasteiger partial charge in [0.1, 0.15) is 0 Å². The SMILES string of the molecule is Cc1ccc(-n2c(SCc3ccccc3C)nnc2C(C)NS(=O)(=O)c2ccc3ccccc3c2)cc1. The quantitative estimate of drug-likeness (QED) is 0.237. The van der Waals surface area contributed by atoms with E-state index in [-0.39, 0.29) is 4.90 Å². The van der Waals surface area contributed by atoms with Crippen molar-refractivity contribution in [3.63, 3.8) is 0 Å². The molecule has 0 saturated heterocycles. The van der Waals surface area contributed by atoms with Crippen LogP contribution in [0, 0.1) is 13.8 Å². The van der Waals surface area contributed by atoms with Crippen molar-refractivity contribution in [2.45, 2.75) is 42.6 Å². The minimum absolute atomic E-state index is 0.216. The molecule has 37 heavy (non-hydrogen) atoms. The van der Waals surface area contributed by atoms with Gasteiger partial charge in [0.05, 0.1) is 10.9 Å². The Bertz CT molecular complexity index is 1660. The lowest BCUT2D eigenvalue weighted by atomic mass is 10.1. The molecule has 0 saturated carbocycles. The Labute approximate surface area is 221 Å². The summed E-state index contributed by atoms with van der Waals surface area (Å²) >= 11 is 1.58. The molecule has 1 N–H and O–H groups in total. The molecule has 4 aromatic carbocycles. The van der Waals surface area contributed by atoms with Crippen molar-refractivity contribution in [2.24, 2.45) is 0 Å². The summed E-state index contributed by atoms with van der Waals surface area (Å²) in [5.41, 5.74) is 4.46. The summed E-state index contributed by atoms with van der Waals surface area (Å²) in [6.45, 7) is 5.92. The number of sulfonamides is 1. The maximum absolute atomic E-state index is 13.3. The molecule has 0 fully saturated rings. The molecule has 5 aromatic rings. The molecule has 1 atom stereocenters. The number of rotatable bonds is 8. The summed E-state index contributed by atoms with van der Waals surface area (Å²) in [5, 5.41) is 11.5. The molecule has 8 heteroatoms. The maximum Gasteiger partial charge on any atom is 0.241 e. The second-order valence-corrected chi connectivity index (χ2v) is 11.7. The van der Waals surface area contributed by atoms with Gasteiger partial charge >= 0.3 is 0 Å². The van der Waals surface area contributed by atoms with E-state index in [1.165, 1.54) is 11.1 Å². The van der Waals surface area contributed by atoms with Crippen LogP contribution >= 0.6 is 11.8 Å². The molecule has 0 aliphatic carbocycles. The molecule has 0 bridgehead atoms. The van der Waals surface area contributed by atoms with Gasteiger partial charge in [-0.15, -0.1) is 10.2 Å². The molecule has 0 amide bonds. The fraction of sp³-hybridized carbons (Fsp3) is 0.172. The normalized spacial score (nSPS) is 12.6. The topological polar surface area (TPSA) is 76.9 Å². The zero-order valence-electron chi connectivity index (χ0n) is 20.9. The molecule has 0 aliphatic heterocycles. The highest BCUT2D eigenvalue weighted by atomic mass is 32.2. The van der Waals surface area contributed by atoms with Gasteiger partial charge in [-0.25, -0.2) is 13.1 Å². The first-order valence-electron chi connectivity index (χ1n) is 12.0. The minimum atomic E-state index is -3.79. The summed E-state index contributed by atoms with van der Waals surface area (Å²) in [5.74, 6) is 1.26. The van der Waals surface area contributed by atoms with Gasteiger partial charge in [-0.05, 0) is 66.9 Å². The van der Waals surface area contributed by atoms with Gasteiger partial charge in [0.2, 0.25) is 10.0 Å². The number of hydrogen-bond acceptors (Lipinski definition) is 5. The second-order valence-electron chi connectivity index (χ2n) is 9.08. The molecule has 1 unspecified atom stereocenters. The van der Waals surface area contributed by atoms with Crippen LogP contribution in [0.3, 0.4) is 0 Å².